The second-order valence-electron chi connectivity index (χ2n) is 9.51. The van der Waals surface area contributed by atoms with Gasteiger partial charge in [0.1, 0.15) is 18.1 Å². The maximum absolute atomic E-state index is 12.2. The second kappa shape index (κ2) is 9.07. The Morgan fingerprint density at radius 3 is 2.74 bits per heavy atom. The predicted molar refractivity (Wildman–Crippen MR) is 135 cm³/mol. The van der Waals surface area contributed by atoms with Gasteiger partial charge in [0.05, 0.1) is 11.9 Å². The summed E-state index contributed by atoms with van der Waals surface area (Å²) in [4.78, 5) is 14.7. The smallest absolute Gasteiger partial charge is 0.250 e. The van der Waals surface area contributed by atoms with Crippen LogP contribution in [0.1, 0.15) is 18.0 Å². The van der Waals surface area contributed by atoms with E-state index in [1.165, 1.54) is 0 Å². The SMILES string of the molecule is O=c1cccc2n1C[C@H]1C[C@H]2CN(CCOc2ccc(-c3[nH]ncc3-c3ccccc3)c(O)c2)C1. The van der Waals surface area contributed by atoms with Crippen LogP contribution >= 0.6 is 0 Å². The highest BCUT2D eigenvalue weighted by molar-refractivity contribution is 5.83. The zero-order valence-electron chi connectivity index (χ0n) is 19.4. The number of phenolic OH excluding ortho intramolecular Hbond substituents is 1. The molecule has 7 nitrogen and oxygen atoms in total. The van der Waals surface area contributed by atoms with Gasteiger partial charge in [-0.3, -0.25) is 14.8 Å². The summed E-state index contributed by atoms with van der Waals surface area (Å²) < 4.78 is 7.96. The van der Waals surface area contributed by atoms with Gasteiger partial charge in [0.2, 0.25) is 0 Å². The van der Waals surface area contributed by atoms with Crippen molar-refractivity contribution in [1.29, 1.82) is 0 Å². The Hall–Kier alpha value is -3.84. The lowest BCUT2D eigenvalue weighted by Crippen LogP contribution is -2.48. The van der Waals surface area contributed by atoms with Gasteiger partial charge in [-0.25, -0.2) is 0 Å². The van der Waals surface area contributed by atoms with Crippen molar-refractivity contribution in [3.63, 3.8) is 0 Å². The molecule has 7 heteroatoms. The van der Waals surface area contributed by atoms with Crippen molar-refractivity contribution in [3.8, 4) is 33.9 Å². The molecule has 0 spiro atoms. The van der Waals surface area contributed by atoms with Crippen LogP contribution in [0.25, 0.3) is 22.4 Å². The molecule has 178 valence electrons. The van der Waals surface area contributed by atoms with E-state index in [1.807, 2.05) is 53.1 Å². The van der Waals surface area contributed by atoms with E-state index in [9.17, 15) is 9.90 Å². The summed E-state index contributed by atoms with van der Waals surface area (Å²) in [6.45, 7) is 4.07. The highest BCUT2D eigenvalue weighted by atomic mass is 16.5. The zero-order chi connectivity index (χ0) is 23.8. The zero-order valence-corrected chi connectivity index (χ0v) is 19.4. The van der Waals surface area contributed by atoms with Crippen molar-refractivity contribution >= 4 is 0 Å². The van der Waals surface area contributed by atoms with Gasteiger partial charge < -0.3 is 14.4 Å². The van der Waals surface area contributed by atoms with Gasteiger partial charge in [0.25, 0.3) is 5.56 Å². The maximum Gasteiger partial charge on any atom is 0.250 e. The van der Waals surface area contributed by atoms with Crippen LogP contribution < -0.4 is 10.3 Å². The fraction of sp³-hybridized carbons (Fsp3) is 0.286. The molecule has 4 aromatic rings. The first-order chi connectivity index (χ1) is 17.2. The molecule has 35 heavy (non-hydrogen) atoms. The van der Waals surface area contributed by atoms with Crippen molar-refractivity contribution in [1.82, 2.24) is 19.7 Å². The van der Waals surface area contributed by atoms with E-state index in [1.54, 1.807) is 18.3 Å². The molecule has 4 heterocycles. The molecule has 2 N–H and O–H groups in total. The topological polar surface area (TPSA) is 83.4 Å². The fourth-order valence-electron chi connectivity index (χ4n) is 5.61. The van der Waals surface area contributed by atoms with Crippen LogP contribution in [0.2, 0.25) is 0 Å². The van der Waals surface area contributed by atoms with Gasteiger partial charge in [-0.15, -0.1) is 0 Å². The number of pyridine rings is 1. The molecule has 0 aliphatic carbocycles. The van der Waals surface area contributed by atoms with Crippen molar-refractivity contribution in [2.75, 3.05) is 26.2 Å². The van der Waals surface area contributed by atoms with Crippen LogP contribution in [0.4, 0.5) is 0 Å². The standard InChI is InChI=1S/C28H28N4O3/c33-26-14-22(9-10-23(26)28-24(15-29-30-28)20-5-2-1-3-6-20)35-12-11-31-16-19-13-21(18-31)25-7-4-8-27(34)32(25)17-19/h1-10,14-15,19,21,33H,11-13,16-18H2,(H,29,30)/t19-,21-/m0/s1. The molecule has 1 saturated heterocycles. The van der Waals surface area contributed by atoms with Crippen molar-refractivity contribution < 1.29 is 9.84 Å². The Morgan fingerprint density at radius 1 is 1.00 bits per heavy atom. The van der Waals surface area contributed by atoms with Crippen LogP contribution in [0.15, 0.2) is 77.7 Å². The number of fused-ring (bicyclic) bond motifs is 4. The number of hydrogen-bond acceptors (Lipinski definition) is 5. The van der Waals surface area contributed by atoms with Crippen molar-refractivity contribution in [2.24, 2.45) is 5.92 Å². The van der Waals surface area contributed by atoms with Gasteiger partial charge in [-0.05, 0) is 36.1 Å². The number of nitrogens with one attached hydrogen (secondary N) is 1. The Kier molecular flexibility index (Phi) is 5.62. The summed E-state index contributed by atoms with van der Waals surface area (Å²) in [5.41, 5.74) is 4.71. The number of phenols is 1. The van der Waals surface area contributed by atoms with E-state index in [4.69, 9.17) is 4.74 Å². The normalized spacial score (nSPS) is 19.3. The fourth-order valence-corrected chi connectivity index (χ4v) is 5.61. The Balaban J connectivity index is 1.10. The summed E-state index contributed by atoms with van der Waals surface area (Å²) >= 11 is 0. The third kappa shape index (κ3) is 4.23. The number of aromatic nitrogens is 3. The van der Waals surface area contributed by atoms with Crippen molar-refractivity contribution in [2.45, 2.75) is 18.9 Å². The molecule has 2 aromatic carbocycles. The Morgan fingerprint density at radius 2 is 1.89 bits per heavy atom. The minimum atomic E-state index is 0.114. The van der Waals surface area contributed by atoms with Crippen molar-refractivity contribution in [3.05, 3.63) is 89.0 Å². The number of aromatic hydroxyl groups is 1. The van der Waals surface area contributed by atoms with Crippen LogP contribution in [0, 0.1) is 5.92 Å². The van der Waals surface area contributed by atoms with Gasteiger partial charge in [0, 0.05) is 61.1 Å². The molecule has 0 radical (unpaired) electrons. The van der Waals surface area contributed by atoms with E-state index in [-0.39, 0.29) is 11.3 Å². The van der Waals surface area contributed by atoms with E-state index >= 15 is 0 Å². The molecular weight excluding hydrogens is 440 g/mol. The van der Waals surface area contributed by atoms with Crippen LogP contribution in [-0.4, -0.2) is 51.0 Å². The Labute approximate surface area is 203 Å². The largest absolute Gasteiger partial charge is 0.507 e. The minimum Gasteiger partial charge on any atom is -0.507 e. The first-order valence-electron chi connectivity index (χ1n) is 12.1. The number of piperidine rings is 1. The third-order valence-corrected chi connectivity index (χ3v) is 7.19. The molecule has 6 rings (SSSR count). The van der Waals surface area contributed by atoms with Gasteiger partial charge >= 0.3 is 0 Å². The molecule has 0 amide bonds. The summed E-state index contributed by atoms with van der Waals surface area (Å²) in [6, 6.07) is 21.0. The Bertz CT molecular complexity index is 1390. The number of benzene rings is 2. The number of nitrogens with zero attached hydrogens (tertiary/aromatic N) is 3. The third-order valence-electron chi connectivity index (χ3n) is 7.19. The number of aromatic amines is 1. The first kappa shape index (κ1) is 21.7. The summed E-state index contributed by atoms with van der Waals surface area (Å²) in [6.07, 6.45) is 2.92. The molecule has 0 saturated carbocycles. The average Bonchev–Trinajstić information content (AvgIpc) is 3.35. The van der Waals surface area contributed by atoms with Gasteiger partial charge in [0.15, 0.2) is 0 Å². The molecular formula is C28H28N4O3. The molecule has 0 unspecified atom stereocenters. The van der Waals surface area contributed by atoms with E-state index < -0.39 is 0 Å². The number of rotatable bonds is 6. The van der Waals surface area contributed by atoms with Gasteiger partial charge in [-0.2, -0.15) is 5.10 Å². The summed E-state index contributed by atoms with van der Waals surface area (Å²) in [5.74, 6) is 1.69. The minimum absolute atomic E-state index is 0.114. The first-order valence-corrected chi connectivity index (χ1v) is 12.1. The van der Waals surface area contributed by atoms with Crippen LogP contribution in [0.3, 0.4) is 0 Å². The molecule has 2 bridgehead atoms. The summed E-state index contributed by atoms with van der Waals surface area (Å²) in [7, 11) is 0. The summed E-state index contributed by atoms with van der Waals surface area (Å²) in [5, 5.41) is 17.9. The van der Waals surface area contributed by atoms with Crippen LogP contribution in [-0.2, 0) is 6.54 Å². The molecule has 1 fully saturated rings. The number of H-pyrrole nitrogens is 1. The lowest BCUT2D eigenvalue weighted by Gasteiger charge is -2.42. The number of hydrogen-bond donors (Lipinski definition) is 2. The van der Waals surface area contributed by atoms with E-state index in [2.05, 4.69) is 21.2 Å². The quantitative estimate of drug-likeness (QED) is 0.445. The lowest BCUT2D eigenvalue weighted by atomic mass is 9.83. The molecule has 2 aliphatic rings. The van der Waals surface area contributed by atoms with Crippen LogP contribution in [0.5, 0.6) is 11.5 Å². The van der Waals surface area contributed by atoms with E-state index in [0.29, 0.717) is 29.8 Å². The van der Waals surface area contributed by atoms with E-state index in [0.717, 1.165) is 55.1 Å². The number of ether oxygens (including phenoxy) is 1. The lowest BCUT2D eigenvalue weighted by molar-refractivity contribution is 0.104. The molecule has 2 aliphatic heterocycles. The molecule has 2 atom stereocenters. The highest BCUT2D eigenvalue weighted by Gasteiger charge is 2.34. The monoisotopic (exact) mass is 468 g/mol. The van der Waals surface area contributed by atoms with Gasteiger partial charge in [-0.1, -0.05) is 36.4 Å². The second-order valence-corrected chi connectivity index (χ2v) is 9.51. The average molecular weight is 469 g/mol. The maximum atomic E-state index is 12.2. The highest BCUT2D eigenvalue weighted by Crippen LogP contribution is 2.37. The predicted octanol–water partition coefficient (Wildman–Crippen LogP) is 4.11. The molecule has 2 aromatic heterocycles. The number of likely N-dealkylation sites (tertiary alicyclic amines) is 1.